The van der Waals surface area contributed by atoms with Gasteiger partial charge in [-0.2, -0.15) is 0 Å². The molecule has 5 heteroatoms. The highest BCUT2D eigenvalue weighted by Crippen LogP contribution is 2.24. The van der Waals surface area contributed by atoms with Crippen molar-refractivity contribution in [3.63, 3.8) is 0 Å². The van der Waals surface area contributed by atoms with Crippen LogP contribution in [0.3, 0.4) is 0 Å². The van der Waals surface area contributed by atoms with E-state index >= 15 is 0 Å². The van der Waals surface area contributed by atoms with Crippen molar-refractivity contribution in [1.29, 1.82) is 0 Å². The third-order valence-corrected chi connectivity index (χ3v) is 2.37. The van der Waals surface area contributed by atoms with E-state index in [4.69, 9.17) is 15.9 Å². The van der Waals surface area contributed by atoms with Crippen molar-refractivity contribution in [2.45, 2.75) is 6.92 Å². The Bertz CT molecular complexity index is 379. The van der Waals surface area contributed by atoms with Crippen LogP contribution in [0.2, 0.25) is 0 Å². The number of benzene rings is 1. The van der Waals surface area contributed by atoms with Gasteiger partial charge in [0.1, 0.15) is 0 Å². The Hall–Kier alpha value is -1.75. The summed E-state index contributed by atoms with van der Waals surface area (Å²) in [5.41, 5.74) is 7.14. The zero-order chi connectivity index (χ0) is 12.1. The molecule has 1 aromatic carbocycles. The van der Waals surface area contributed by atoms with E-state index in [0.717, 1.165) is 0 Å². The van der Waals surface area contributed by atoms with Crippen molar-refractivity contribution >= 4 is 17.3 Å². The molecule has 1 aromatic rings. The van der Waals surface area contributed by atoms with E-state index in [9.17, 15) is 4.79 Å². The molecular weight excluding hydrogens is 208 g/mol. The van der Waals surface area contributed by atoms with Crippen molar-refractivity contribution < 1.29 is 15.0 Å². The molecule has 88 valence electrons. The molecule has 16 heavy (non-hydrogen) atoms. The number of likely N-dealkylation sites (N-methyl/N-ethyl adjacent to an activating group) is 1. The molecule has 0 radical (unpaired) electrons. The van der Waals surface area contributed by atoms with Gasteiger partial charge in [-0.1, -0.05) is 0 Å². The Labute approximate surface area is 94.1 Å². The molecular formula is C11H16N2O3. The van der Waals surface area contributed by atoms with Gasteiger partial charge in [0, 0.05) is 13.1 Å². The lowest BCUT2D eigenvalue weighted by Gasteiger charge is -2.23. The standard InChI is InChI=1S/C11H16N2O3/c1-2-13(5-6-14)10-7-8(11(15)16)3-4-9(10)12/h3-4,7,14H,2,5-6,12H2,1H3,(H,15,16). The molecule has 4 N–H and O–H groups in total. The zero-order valence-electron chi connectivity index (χ0n) is 9.18. The molecule has 0 unspecified atom stereocenters. The molecule has 0 amide bonds. The van der Waals surface area contributed by atoms with Gasteiger partial charge in [-0.05, 0) is 25.1 Å². The normalized spacial score (nSPS) is 10.1. The highest BCUT2D eigenvalue weighted by atomic mass is 16.4. The van der Waals surface area contributed by atoms with Gasteiger partial charge in [0.2, 0.25) is 0 Å². The van der Waals surface area contributed by atoms with E-state index in [0.29, 0.717) is 24.5 Å². The summed E-state index contributed by atoms with van der Waals surface area (Å²) in [5.74, 6) is -0.985. The van der Waals surface area contributed by atoms with Gasteiger partial charge in [0.15, 0.2) is 0 Å². The Balaban J connectivity index is 3.09. The number of nitrogen functional groups attached to an aromatic ring is 1. The molecule has 0 aliphatic carbocycles. The van der Waals surface area contributed by atoms with Crippen LogP contribution in [0.4, 0.5) is 11.4 Å². The van der Waals surface area contributed by atoms with E-state index < -0.39 is 5.97 Å². The van der Waals surface area contributed by atoms with Crippen LogP contribution >= 0.6 is 0 Å². The van der Waals surface area contributed by atoms with Crippen LogP contribution in [0, 0.1) is 0 Å². The Morgan fingerprint density at radius 3 is 2.69 bits per heavy atom. The lowest BCUT2D eigenvalue weighted by molar-refractivity contribution is 0.0697. The van der Waals surface area contributed by atoms with Crippen LogP contribution in [0.5, 0.6) is 0 Å². The highest BCUT2D eigenvalue weighted by molar-refractivity contribution is 5.90. The van der Waals surface area contributed by atoms with Gasteiger partial charge < -0.3 is 20.8 Å². The Kier molecular flexibility index (Phi) is 4.13. The highest BCUT2D eigenvalue weighted by Gasteiger charge is 2.11. The largest absolute Gasteiger partial charge is 0.478 e. The van der Waals surface area contributed by atoms with E-state index in [-0.39, 0.29) is 12.2 Å². The molecule has 0 aliphatic rings. The van der Waals surface area contributed by atoms with Crippen LogP contribution in [-0.4, -0.2) is 35.9 Å². The molecule has 0 saturated carbocycles. The Morgan fingerprint density at radius 1 is 1.50 bits per heavy atom. The molecule has 0 bridgehead atoms. The second-order valence-electron chi connectivity index (χ2n) is 3.38. The van der Waals surface area contributed by atoms with E-state index in [1.165, 1.54) is 12.1 Å². The number of nitrogens with two attached hydrogens (primary N) is 1. The van der Waals surface area contributed by atoms with E-state index in [2.05, 4.69) is 0 Å². The molecule has 5 nitrogen and oxygen atoms in total. The fourth-order valence-corrected chi connectivity index (χ4v) is 1.52. The molecule has 0 aliphatic heterocycles. The van der Waals surface area contributed by atoms with Crippen LogP contribution in [0.25, 0.3) is 0 Å². The van der Waals surface area contributed by atoms with Crippen molar-refractivity contribution in [1.82, 2.24) is 0 Å². The number of anilines is 2. The van der Waals surface area contributed by atoms with Crippen molar-refractivity contribution in [3.8, 4) is 0 Å². The molecule has 0 atom stereocenters. The summed E-state index contributed by atoms with van der Waals surface area (Å²) in [6.07, 6.45) is 0. The first kappa shape index (κ1) is 12.3. The zero-order valence-corrected chi connectivity index (χ0v) is 9.18. The van der Waals surface area contributed by atoms with Crippen LogP contribution in [0.1, 0.15) is 17.3 Å². The number of hydrogen-bond donors (Lipinski definition) is 3. The minimum Gasteiger partial charge on any atom is -0.478 e. The first-order valence-corrected chi connectivity index (χ1v) is 5.08. The maximum absolute atomic E-state index is 10.8. The number of nitrogens with zero attached hydrogens (tertiary/aromatic N) is 1. The van der Waals surface area contributed by atoms with Crippen LogP contribution < -0.4 is 10.6 Å². The molecule has 0 fully saturated rings. The minimum atomic E-state index is -0.985. The number of aliphatic hydroxyl groups is 1. The number of carboxylic acids is 1. The number of aliphatic hydroxyl groups excluding tert-OH is 1. The van der Waals surface area contributed by atoms with Crippen molar-refractivity contribution in [3.05, 3.63) is 23.8 Å². The van der Waals surface area contributed by atoms with Gasteiger partial charge in [0.05, 0.1) is 23.5 Å². The van der Waals surface area contributed by atoms with Gasteiger partial charge >= 0.3 is 5.97 Å². The summed E-state index contributed by atoms with van der Waals surface area (Å²) in [5, 5.41) is 17.8. The smallest absolute Gasteiger partial charge is 0.335 e. The number of carboxylic acid groups (broad SMARTS) is 1. The Morgan fingerprint density at radius 2 is 2.19 bits per heavy atom. The lowest BCUT2D eigenvalue weighted by atomic mass is 10.1. The fourth-order valence-electron chi connectivity index (χ4n) is 1.52. The van der Waals surface area contributed by atoms with E-state index in [1.807, 2.05) is 11.8 Å². The lowest BCUT2D eigenvalue weighted by Crippen LogP contribution is -2.27. The van der Waals surface area contributed by atoms with Crippen LogP contribution in [-0.2, 0) is 0 Å². The minimum absolute atomic E-state index is 0.00454. The average Bonchev–Trinajstić information content (AvgIpc) is 2.26. The van der Waals surface area contributed by atoms with Gasteiger partial charge in [-0.15, -0.1) is 0 Å². The summed E-state index contributed by atoms with van der Waals surface area (Å²) >= 11 is 0. The monoisotopic (exact) mass is 224 g/mol. The summed E-state index contributed by atoms with van der Waals surface area (Å²) in [7, 11) is 0. The summed E-state index contributed by atoms with van der Waals surface area (Å²) in [4.78, 5) is 12.7. The first-order valence-electron chi connectivity index (χ1n) is 5.08. The topological polar surface area (TPSA) is 86.8 Å². The van der Waals surface area contributed by atoms with Gasteiger partial charge in [-0.3, -0.25) is 0 Å². The van der Waals surface area contributed by atoms with Crippen molar-refractivity contribution in [2.75, 3.05) is 30.3 Å². The molecule has 0 spiro atoms. The second-order valence-corrected chi connectivity index (χ2v) is 3.38. The molecule has 1 rings (SSSR count). The van der Waals surface area contributed by atoms with Crippen molar-refractivity contribution in [2.24, 2.45) is 0 Å². The summed E-state index contributed by atoms with van der Waals surface area (Å²) in [6.45, 7) is 3.02. The van der Waals surface area contributed by atoms with Gasteiger partial charge in [-0.25, -0.2) is 4.79 Å². The summed E-state index contributed by atoms with van der Waals surface area (Å²) in [6, 6.07) is 4.56. The third-order valence-electron chi connectivity index (χ3n) is 2.37. The maximum atomic E-state index is 10.8. The third kappa shape index (κ3) is 2.64. The van der Waals surface area contributed by atoms with E-state index in [1.54, 1.807) is 6.07 Å². The maximum Gasteiger partial charge on any atom is 0.335 e. The number of rotatable bonds is 5. The number of aromatic carboxylic acids is 1. The molecule has 0 saturated heterocycles. The SMILES string of the molecule is CCN(CCO)c1cc(C(=O)O)ccc1N. The number of carbonyl (C=O) groups is 1. The fraction of sp³-hybridized carbons (Fsp3) is 0.364. The average molecular weight is 224 g/mol. The predicted octanol–water partition coefficient (Wildman–Crippen LogP) is 0.786. The summed E-state index contributed by atoms with van der Waals surface area (Å²) < 4.78 is 0. The quantitative estimate of drug-likeness (QED) is 0.643. The van der Waals surface area contributed by atoms with Gasteiger partial charge in [0.25, 0.3) is 0 Å². The number of hydrogen-bond acceptors (Lipinski definition) is 4. The molecule has 0 heterocycles. The first-order chi connectivity index (χ1) is 7.60. The second kappa shape index (κ2) is 5.37. The molecule has 0 aromatic heterocycles. The predicted molar refractivity (Wildman–Crippen MR) is 62.8 cm³/mol. The van der Waals surface area contributed by atoms with Crippen LogP contribution in [0.15, 0.2) is 18.2 Å².